The first-order valence-corrected chi connectivity index (χ1v) is 11.6. The van der Waals surface area contributed by atoms with Crippen LogP contribution in [-0.2, 0) is 14.8 Å². The SMILES string of the molecule is Cc1ccc(S(=O)(=O)N[C@@H](CC(=O)Nc2ccc(I)cc2)c2ccccc2)cc1. The Bertz CT molecular complexity index is 1070. The fourth-order valence-corrected chi connectivity index (χ4v) is 4.40. The lowest BCUT2D eigenvalue weighted by Crippen LogP contribution is -2.31. The highest BCUT2D eigenvalue weighted by molar-refractivity contribution is 14.1. The van der Waals surface area contributed by atoms with Crippen molar-refractivity contribution in [1.29, 1.82) is 0 Å². The van der Waals surface area contributed by atoms with Crippen LogP contribution in [0.4, 0.5) is 5.69 Å². The highest BCUT2D eigenvalue weighted by Gasteiger charge is 2.23. The van der Waals surface area contributed by atoms with Crippen LogP contribution in [0.1, 0.15) is 23.6 Å². The lowest BCUT2D eigenvalue weighted by Gasteiger charge is -2.19. The average Bonchev–Trinajstić information content (AvgIpc) is 2.70. The van der Waals surface area contributed by atoms with E-state index in [1.807, 2.05) is 49.4 Å². The van der Waals surface area contributed by atoms with Crippen LogP contribution in [0, 0.1) is 10.5 Å². The summed E-state index contributed by atoms with van der Waals surface area (Å²) in [5, 5.41) is 2.83. The van der Waals surface area contributed by atoms with Crippen LogP contribution in [0.15, 0.2) is 83.8 Å². The molecule has 0 aliphatic heterocycles. The van der Waals surface area contributed by atoms with E-state index >= 15 is 0 Å². The lowest BCUT2D eigenvalue weighted by molar-refractivity contribution is -0.116. The number of hydrogen-bond donors (Lipinski definition) is 2. The molecule has 7 heteroatoms. The molecule has 0 aromatic heterocycles. The molecule has 29 heavy (non-hydrogen) atoms. The van der Waals surface area contributed by atoms with Crippen molar-refractivity contribution >= 4 is 44.2 Å². The summed E-state index contributed by atoms with van der Waals surface area (Å²) >= 11 is 2.19. The van der Waals surface area contributed by atoms with E-state index < -0.39 is 16.1 Å². The van der Waals surface area contributed by atoms with E-state index in [4.69, 9.17) is 0 Å². The van der Waals surface area contributed by atoms with Crippen molar-refractivity contribution in [2.75, 3.05) is 5.32 Å². The van der Waals surface area contributed by atoms with Crippen LogP contribution < -0.4 is 10.0 Å². The number of nitrogens with one attached hydrogen (secondary N) is 2. The lowest BCUT2D eigenvalue weighted by atomic mass is 10.0. The molecule has 0 aliphatic rings. The van der Waals surface area contributed by atoms with Gasteiger partial charge in [0.25, 0.3) is 0 Å². The monoisotopic (exact) mass is 520 g/mol. The molecule has 150 valence electrons. The molecular formula is C22H21IN2O3S. The Balaban J connectivity index is 1.80. The Morgan fingerprint density at radius 1 is 0.931 bits per heavy atom. The predicted octanol–water partition coefficient (Wildman–Crippen LogP) is 4.65. The van der Waals surface area contributed by atoms with Crippen molar-refractivity contribution in [3.63, 3.8) is 0 Å². The molecule has 5 nitrogen and oxygen atoms in total. The number of hydrogen-bond acceptors (Lipinski definition) is 3. The minimum Gasteiger partial charge on any atom is -0.326 e. The second kappa shape index (κ2) is 9.51. The van der Waals surface area contributed by atoms with Crippen LogP contribution in [0.5, 0.6) is 0 Å². The summed E-state index contributed by atoms with van der Waals surface area (Å²) in [5.41, 5.74) is 2.37. The molecule has 0 spiro atoms. The number of sulfonamides is 1. The average molecular weight is 520 g/mol. The van der Waals surface area contributed by atoms with Gasteiger partial charge < -0.3 is 5.32 Å². The van der Waals surface area contributed by atoms with Gasteiger partial charge in [0.1, 0.15) is 0 Å². The normalized spacial score (nSPS) is 12.3. The second-order valence-corrected chi connectivity index (χ2v) is 9.62. The van der Waals surface area contributed by atoms with Crippen LogP contribution in [0.2, 0.25) is 0 Å². The molecule has 0 fully saturated rings. The fourth-order valence-electron chi connectivity index (χ4n) is 2.82. The minimum atomic E-state index is -3.78. The molecular weight excluding hydrogens is 499 g/mol. The topological polar surface area (TPSA) is 75.3 Å². The quantitative estimate of drug-likeness (QED) is 0.446. The number of anilines is 1. The number of carbonyl (C=O) groups is 1. The first-order chi connectivity index (χ1) is 13.8. The van der Waals surface area contributed by atoms with Crippen molar-refractivity contribution in [2.45, 2.75) is 24.3 Å². The van der Waals surface area contributed by atoms with Crippen LogP contribution >= 0.6 is 22.6 Å². The molecule has 0 saturated heterocycles. The van der Waals surface area contributed by atoms with Crippen molar-refractivity contribution in [3.8, 4) is 0 Å². The Hall–Kier alpha value is -2.23. The molecule has 3 aromatic carbocycles. The van der Waals surface area contributed by atoms with E-state index in [1.54, 1.807) is 36.4 Å². The Kier molecular flexibility index (Phi) is 7.05. The Labute approximate surface area is 184 Å². The Morgan fingerprint density at radius 2 is 1.55 bits per heavy atom. The molecule has 0 radical (unpaired) electrons. The number of aryl methyl sites for hydroxylation is 1. The number of rotatable bonds is 7. The number of halogens is 1. The molecule has 1 atom stereocenters. The first-order valence-electron chi connectivity index (χ1n) is 9.03. The third-order valence-corrected chi connectivity index (χ3v) is 6.55. The van der Waals surface area contributed by atoms with Gasteiger partial charge in [-0.05, 0) is 71.5 Å². The zero-order chi connectivity index (χ0) is 20.9. The van der Waals surface area contributed by atoms with Crippen LogP contribution in [0.3, 0.4) is 0 Å². The van der Waals surface area contributed by atoms with Gasteiger partial charge in [-0.3, -0.25) is 4.79 Å². The van der Waals surface area contributed by atoms with Gasteiger partial charge in [-0.15, -0.1) is 0 Å². The first kappa shape index (κ1) is 21.5. The highest BCUT2D eigenvalue weighted by atomic mass is 127. The van der Waals surface area contributed by atoms with Crippen molar-refractivity contribution in [3.05, 3.63) is 93.6 Å². The second-order valence-electron chi connectivity index (χ2n) is 6.66. The summed E-state index contributed by atoms with van der Waals surface area (Å²) < 4.78 is 29.5. The Morgan fingerprint density at radius 3 is 2.17 bits per heavy atom. The zero-order valence-electron chi connectivity index (χ0n) is 15.8. The summed E-state index contributed by atoms with van der Waals surface area (Å²) in [4.78, 5) is 12.8. The van der Waals surface area contributed by atoms with Crippen molar-refractivity contribution in [1.82, 2.24) is 4.72 Å². The maximum atomic E-state index is 12.9. The molecule has 0 aliphatic carbocycles. The van der Waals surface area contributed by atoms with Crippen molar-refractivity contribution in [2.24, 2.45) is 0 Å². The highest BCUT2D eigenvalue weighted by Crippen LogP contribution is 2.22. The van der Waals surface area contributed by atoms with Crippen molar-refractivity contribution < 1.29 is 13.2 Å². The zero-order valence-corrected chi connectivity index (χ0v) is 18.8. The number of amides is 1. The standard InChI is InChI=1S/C22H21IN2O3S/c1-16-7-13-20(14-8-16)29(27,28)25-21(17-5-3-2-4-6-17)15-22(26)24-19-11-9-18(23)10-12-19/h2-14,21,25H,15H2,1H3,(H,24,26)/t21-/m0/s1. The van der Waals surface area contributed by atoms with E-state index in [2.05, 4.69) is 32.6 Å². The minimum absolute atomic E-state index is 0.0267. The molecule has 3 rings (SSSR count). The van der Waals surface area contributed by atoms with Crippen LogP contribution in [-0.4, -0.2) is 14.3 Å². The third-order valence-electron chi connectivity index (χ3n) is 4.35. The van der Waals surface area contributed by atoms with Gasteiger partial charge in [0.15, 0.2) is 0 Å². The molecule has 0 saturated carbocycles. The number of benzene rings is 3. The maximum Gasteiger partial charge on any atom is 0.241 e. The van der Waals surface area contributed by atoms with E-state index in [9.17, 15) is 13.2 Å². The third kappa shape index (κ3) is 6.12. The molecule has 0 bridgehead atoms. The molecule has 1 amide bonds. The maximum absolute atomic E-state index is 12.9. The smallest absolute Gasteiger partial charge is 0.241 e. The van der Waals surface area contributed by atoms with Gasteiger partial charge in [-0.25, -0.2) is 13.1 Å². The summed E-state index contributed by atoms with van der Waals surface area (Å²) in [6.45, 7) is 1.89. The van der Waals surface area contributed by atoms with Crippen LogP contribution in [0.25, 0.3) is 0 Å². The molecule has 3 aromatic rings. The number of carbonyl (C=O) groups excluding carboxylic acids is 1. The molecule has 2 N–H and O–H groups in total. The molecule has 0 heterocycles. The summed E-state index contributed by atoms with van der Waals surface area (Å²) in [6.07, 6.45) is -0.0267. The van der Waals surface area contributed by atoms with E-state index in [0.29, 0.717) is 5.69 Å². The van der Waals surface area contributed by atoms with Gasteiger partial charge in [0.05, 0.1) is 10.9 Å². The van der Waals surface area contributed by atoms with E-state index in [-0.39, 0.29) is 17.2 Å². The van der Waals surface area contributed by atoms with E-state index in [1.165, 1.54) is 0 Å². The van der Waals surface area contributed by atoms with Gasteiger partial charge in [0.2, 0.25) is 15.9 Å². The van der Waals surface area contributed by atoms with Gasteiger partial charge in [-0.1, -0.05) is 48.0 Å². The van der Waals surface area contributed by atoms with Gasteiger partial charge in [-0.2, -0.15) is 0 Å². The predicted molar refractivity (Wildman–Crippen MR) is 123 cm³/mol. The van der Waals surface area contributed by atoms with Gasteiger partial charge >= 0.3 is 0 Å². The largest absolute Gasteiger partial charge is 0.326 e. The van der Waals surface area contributed by atoms with Gasteiger partial charge in [0, 0.05) is 15.7 Å². The summed E-state index contributed by atoms with van der Waals surface area (Å²) in [7, 11) is -3.78. The van der Waals surface area contributed by atoms with E-state index in [0.717, 1.165) is 14.7 Å². The summed E-state index contributed by atoms with van der Waals surface area (Å²) in [6, 6.07) is 22.4. The fraction of sp³-hybridized carbons (Fsp3) is 0.136. The molecule has 0 unspecified atom stereocenters. The summed E-state index contributed by atoms with van der Waals surface area (Å²) in [5.74, 6) is -0.272.